The third kappa shape index (κ3) is 3.07. The molecule has 15 heavy (non-hydrogen) atoms. The van der Waals surface area contributed by atoms with Crippen LogP contribution >= 0.6 is 11.3 Å². The van der Waals surface area contributed by atoms with Gasteiger partial charge in [0.25, 0.3) is 0 Å². The molecule has 1 aliphatic rings. The molecule has 0 amide bonds. The summed E-state index contributed by atoms with van der Waals surface area (Å²) in [5.41, 5.74) is 5.62. The second-order valence-corrected chi connectivity index (χ2v) is 5.18. The molecule has 0 radical (unpaired) electrons. The quantitative estimate of drug-likeness (QED) is 0.819. The van der Waals surface area contributed by atoms with Crippen molar-refractivity contribution < 1.29 is 0 Å². The van der Waals surface area contributed by atoms with Crippen LogP contribution in [0.1, 0.15) is 19.8 Å². The average Bonchev–Trinajstić information content (AvgIpc) is 2.77. The molecular weight excluding hydrogens is 208 g/mol. The second-order valence-electron chi connectivity index (χ2n) is 4.12. The third-order valence-corrected chi connectivity index (χ3v) is 3.38. The zero-order valence-corrected chi connectivity index (χ0v) is 9.89. The second kappa shape index (κ2) is 4.81. The Morgan fingerprint density at radius 2 is 2.33 bits per heavy atom. The fourth-order valence-electron chi connectivity index (χ4n) is 1.96. The predicted molar refractivity (Wildman–Crippen MR) is 65.3 cm³/mol. The maximum Gasteiger partial charge on any atom is 0.184 e. The van der Waals surface area contributed by atoms with Gasteiger partial charge in [-0.1, -0.05) is 11.3 Å². The van der Waals surface area contributed by atoms with E-state index >= 15 is 0 Å². The molecule has 84 valence electrons. The Labute approximate surface area is 94.5 Å². The summed E-state index contributed by atoms with van der Waals surface area (Å²) in [7, 11) is 0. The molecule has 1 aliphatic heterocycles. The summed E-state index contributed by atoms with van der Waals surface area (Å²) in [4.78, 5) is 6.69. The molecule has 0 aliphatic carbocycles. The largest absolute Gasteiger partial charge is 0.389 e. The Hall–Kier alpha value is -0.810. The number of likely N-dealkylation sites (tertiary alicyclic amines) is 1. The summed E-state index contributed by atoms with van der Waals surface area (Å²) < 4.78 is 0. The van der Waals surface area contributed by atoms with E-state index in [0.717, 1.165) is 16.7 Å². The molecule has 1 saturated heterocycles. The van der Waals surface area contributed by atoms with Gasteiger partial charge in [0.15, 0.2) is 5.13 Å². The van der Waals surface area contributed by atoms with Gasteiger partial charge in [0.1, 0.15) is 5.00 Å². The van der Waals surface area contributed by atoms with Crippen molar-refractivity contribution in [2.45, 2.75) is 25.8 Å². The van der Waals surface area contributed by atoms with E-state index in [2.05, 4.69) is 22.1 Å². The van der Waals surface area contributed by atoms with Gasteiger partial charge in [-0.25, -0.2) is 4.98 Å². The Morgan fingerprint density at radius 3 is 2.93 bits per heavy atom. The Morgan fingerprint density at radius 1 is 1.60 bits per heavy atom. The minimum absolute atomic E-state index is 0.439. The molecule has 1 aromatic rings. The fourth-order valence-corrected chi connectivity index (χ4v) is 2.66. The lowest BCUT2D eigenvalue weighted by Gasteiger charge is -2.20. The molecule has 1 aromatic heterocycles. The van der Waals surface area contributed by atoms with Gasteiger partial charge in [-0.2, -0.15) is 0 Å². The number of thiazole rings is 1. The predicted octanol–water partition coefficient (Wildman–Crippen LogP) is 1.62. The van der Waals surface area contributed by atoms with Crippen LogP contribution in [0.25, 0.3) is 0 Å². The van der Waals surface area contributed by atoms with E-state index in [0.29, 0.717) is 6.04 Å². The molecule has 1 unspecified atom stereocenters. The Balaban J connectivity index is 1.78. The van der Waals surface area contributed by atoms with Crippen molar-refractivity contribution in [3.8, 4) is 0 Å². The molecule has 2 heterocycles. The first kappa shape index (κ1) is 10.7. The number of nitrogens with zero attached hydrogens (tertiary/aromatic N) is 2. The zero-order valence-electron chi connectivity index (χ0n) is 9.07. The van der Waals surface area contributed by atoms with Gasteiger partial charge < -0.3 is 16.0 Å². The highest BCUT2D eigenvalue weighted by molar-refractivity contribution is 7.19. The van der Waals surface area contributed by atoms with Gasteiger partial charge in [-0.15, -0.1) is 0 Å². The Kier molecular flexibility index (Phi) is 3.43. The van der Waals surface area contributed by atoms with Crippen molar-refractivity contribution in [2.75, 3.05) is 30.7 Å². The van der Waals surface area contributed by atoms with Gasteiger partial charge in [-0.3, -0.25) is 0 Å². The first-order chi connectivity index (χ1) is 7.24. The fraction of sp³-hybridized carbons (Fsp3) is 0.700. The minimum atomic E-state index is 0.439. The normalized spacial score (nSPS) is 19.3. The van der Waals surface area contributed by atoms with Gasteiger partial charge >= 0.3 is 0 Å². The van der Waals surface area contributed by atoms with E-state index in [-0.39, 0.29) is 0 Å². The maximum atomic E-state index is 5.62. The van der Waals surface area contributed by atoms with E-state index < -0.39 is 0 Å². The summed E-state index contributed by atoms with van der Waals surface area (Å²) >= 11 is 1.51. The molecule has 1 atom stereocenters. The molecule has 0 aromatic carbocycles. The number of nitrogen functional groups attached to an aromatic ring is 1. The lowest BCUT2D eigenvalue weighted by molar-refractivity contribution is 0.328. The van der Waals surface area contributed by atoms with Crippen molar-refractivity contribution >= 4 is 21.5 Å². The molecule has 0 bridgehead atoms. The van der Waals surface area contributed by atoms with E-state index in [4.69, 9.17) is 5.73 Å². The van der Waals surface area contributed by atoms with Crippen molar-refractivity contribution in [3.63, 3.8) is 0 Å². The van der Waals surface area contributed by atoms with Crippen molar-refractivity contribution in [1.82, 2.24) is 9.88 Å². The van der Waals surface area contributed by atoms with E-state index in [1.165, 1.54) is 37.3 Å². The van der Waals surface area contributed by atoms with Crippen LogP contribution in [-0.4, -0.2) is 35.6 Å². The van der Waals surface area contributed by atoms with Crippen molar-refractivity contribution in [2.24, 2.45) is 0 Å². The highest BCUT2D eigenvalue weighted by Gasteiger charge is 2.14. The lowest BCUT2D eigenvalue weighted by atomic mass is 10.3. The number of aromatic nitrogens is 1. The van der Waals surface area contributed by atoms with E-state index in [1.807, 2.05) is 0 Å². The molecule has 5 heteroatoms. The summed E-state index contributed by atoms with van der Waals surface area (Å²) in [6.45, 7) is 5.77. The van der Waals surface area contributed by atoms with Crippen LogP contribution < -0.4 is 11.1 Å². The van der Waals surface area contributed by atoms with Crippen molar-refractivity contribution in [1.29, 1.82) is 0 Å². The molecule has 0 saturated carbocycles. The SMILES string of the molecule is CC(CN1CCCC1)Nc1ncc(N)s1. The highest BCUT2D eigenvalue weighted by atomic mass is 32.1. The third-order valence-electron chi connectivity index (χ3n) is 2.62. The van der Waals surface area contributed by atoms with Crippen LogP contribution in [0, 0.1) is 0 Å². The number of hydrogen-bond acceptors (Lipinski definition) is 5. The number of hydrogen-bond donors (Lipinski definition) is 2. The van der Waals surface area contributed by atoms with Crippen LogP contribution in [0.15, 0.2) is 6.20 Å². The smallest absolute Gasteiger partial charge is 0.184 e. The van der Waals surface area contributed by atoms with Crippen LogP contribution in [0.2, 0.25) is 0 Å². The molecule has 0 spiro atoms. The Bertz CT molecular complexity index is 306. The number of anilines is 2. The molecule has 2 rings (SSSR count). The summed E-state index contributed by atoms with van der Waals surface area (Å²) in [6.07, 6.45) is 4.39. The maximum absolute atomic E-state index is 5.62. The van der Waals surface area contributed by atoms with E-state index in [9.17, 15) is 0 Å². The van der Waals surface area contributed by atoms with Crippen LogP contribution in [0.3, 0.4) is 0 Å². The van der Waals surface area contributed by atoms with Gasteiger partial charge in [0.05, 0.1) is 6.20 Å². The van der Waals surface area contributed by atoms with Gasteiger partial charge in [0.2, 0.25) is 0 Å². The zero-order chi connectivity index (χ0) is 10.7. The first-order valence-electron chi connectivity index (χ1n) is 5.44. The molecule has 4 nitrogen and oxygen atoms in total. The number of rotatable bonds is 4. The summed E-state index contributed by atoms with van der Waals surface area (Å²) in [5, 5.41) is 5.07. The number of nitrogens with one attached hydrogen (secondary N) is 1. The minimum Gasteiger partial charge on any atom is -0.389 e. The molecule has 1 fully saturated rings. The monoisotopic (exact) mass is 226 g/mol. The van der Waals surface area contributed by atoms with Crippen LogP contribution in [0.5, 0.6) is 0 Å². The summed E-state index contributed by atoms with van der Waals surface area (Å²) in [5.74, 6) is 0. The lowest BCUT2D eigenvalue weighted by Crippen LogP contribution is -2.32. The van der Waals surface area contributed by atoms with Gasteiger partial charge in [-0.05, 0) is 32.9 Å². The topological polar surface area (TPSA) is 54.2 Å². The van der Waals surface area contributed by atoms with Gasteiger partial charge in [0, 0.05) is 12.6 Å². The molecular formula is C10H18N4S. The number of nitrogens with two attached hydrogens (primary N) is 1. The summed E-state index contributed by atoms with van der Waals surface area (Å²) in [6, 6.07) is 0.439. The molecule has 3 N–H and O–H groups in total. The standard InChI is InChI=1S/C10H18N4S/c1-8(7-14-4-2-3-5-14)13-10-12-6-9(11)15-10/h6,8H,2-5,7,11H2,1H3,(H,12,13). The first-order valence-corrected chi connectivity index (χ1v) is 6.26. The average molecular weight is 226 g/mol. The van der Waals surface area contributed by atoms with Crippen LogP contribution in [-0.2, 0) is 0 Å². The van der Waals surface area contributed by atoms with Crippen molar-refractivity contribution in [3.05, 3.63) is 6.20 Å². The van der Waals surface area contributed by atoms with E-state index in [1.54, 1.807) is 6.20 Å². The van der Waals surface area contributed by atoms with Crippen LogP contribution in [0.4, 0.5) is 10.1 Å². The highest BCUT2D eigenvalue weighted by Crippen LogP contribution is 2.20.